The predicted molar refractivity (Wildman–Crippen MR) is 85.8 cm³/mol. The molecule has 0 aliphatic carbocycles. The lowest BCUT2D eigenvalue weighted by Crippen LogP contribution is -2.28. The highest BCUT2D eigenvalue weighted by Gasteiger charge is 2.26. The summed E-state index contributed by atoms with van der Waals surface area (Å²) < 4.78 is 1.70. The molecule has 0 bridgehead atoms. The molecule has 3 rings (SSSR count). The summed E-state index contributed by atoms with van der Waals surface area (Å²) in [5.41, 5.74) is 1.99. The molecule has 1 fully saturated rings. The lowest BCUT2D eigenvalue weighted by molar-refractivity contribution is 0.0937. The maximum absolute atomic E-state index is 12.2. The number of aromatic nitrogens is 4. The Bertz CT molecular complexity index is 710. The molecule has 0 aromatic carbocycles. The van der Waals surface area contributed by atoms with Gasteiger partial charge in [0.1, 0.15) is 5.82 Å². The van der Waals surface area contributed by atoms with Crippen LogP contribution < -0.4 is 5.32 Å². The van der Waals surface area contributed by atoms with Gasteiger partial charge in [-0.3, -0.25) is 9.69 Å². The van der Waals surface area contributed by atoms with E-state index < -0.39 is 0 Å². The molecule has 1 saturated heterocycles. The second-order valence-corrected chi connectivity index (χ2v) is 6.01. The molecule has 0 unspecified atom stereocenters. The normalized spacial score (nSPS) is 18.3. The Kier molecular flexibility index (Phi) is 4.38. The molecule has 1 aliphatic heterocycles. The molecule has 0 radical (unpaired) electrons. The molecule has 7 heteroatoms. The summed E-state index contributed by atoms with van der Waals surface area (Å²) in [4.78, 5) is 27.5. The van der Waals surface area contributed by atoms with E-state index in [1.807, 2.05) is 13.1 Å². The summed E-state index contributed by atoms with van der Waals surface area (Å²) >= 11 is 0. The van der Waals surface area contributed by atoms with Crippen molar-refractivity contribution in [2.45, 2.75) is 32.4 Å². The molecule has 2 aromatic rings. The zero-order valence-corrected chi connectivity index (χ0v) is 13.8. The average Bonchev–Trinajstić information content (AvgIpc) is 3.14. The number of nitrogens with zero attached hydrogens (tertiary/aromatic N) is 5. The van der Waals surface area contributed by atoms with Crippen LogP contribution in [0.2, 0.25) is 0 Å². The second kappa shape index (κ2) is 6.45. The van der Waals surface area contributed by atoms with Crippen LogP contribution in [0, 0.1) is 6.92 Å². The van der Waals surface area contributed by atoms with Crippen molar-refractivity contribution in [3.05, 3.63) is 41.5 Å². The predicted octanol–water partition coefficient (Wildman–Crippen LogP) is 1.22. The maximum Gasteiger partial charge on any atom is 0.287 e. The van der Waals surface area contributed by atoms with Gasteiger partial charge in [0.2, 0.25) is 0 Å². The fraction of sp³-hybridized carbons (Fsp3) is 0.500. The largest absolute Gasteiger partial charge is 0.345 e. The van der Waals surface area contributed by atoms with Gasteiger partial charge in [-0.05, 0) is 33.4 Å². The summed E-state index contributed by atoms with van der Waals surface area (Å²) in [6.07, 6.45) is 7.45. The van der Waals surface area contributed by atoms with Gasteiger partial charge in [0.05, 0.1) is 11.7 Å². The van der Waals surface area contributed by atoms with E-state index in [1.54, 1.807) is 24.0 Å². The molecule has 1 aliphatic rings. The fourth-order valence-corrected chi connectivity index (χ4v) is 3.03. The van der Waals surface area contributed by atoms with Crippen LogP contribution in [0.4, 0.5) is 0 Å². The zero-order valence-electron chi connectivity index (χ0n) is 13.8. The first-order valence-electron chi connectivity index (χ1n) is 7.84. The standard InChI is InChI=1S/C16H22N6O/c1-11-18-9-12(14(20-11)13-5-4-7-21(13)2)10-19-16(23)15-17-6-8-22(15)3/h6,8-9,13H,4-5,7,10H2,1-3H3,(H,19,23)/t13-/m1/s1. The molecule has 1 amide bonds. The van der Waals surface area contributed by atoms with Gasteiger partial charge in [0.15, 0.2) is 5.82 Å². The number of likely N-dealkylation sites (tertiary alicyclic amines) is 1. The Hall–Kier alpha value is -2.28. The minimum atomic E-state index is -0.191. The Labute approximate surface area is 135 Å². The third kappa shape index (κ3) is 3.24. The van der Waals surface area contributed by atoms with Gasteiger partial charge in [-0.2, -0.15) is 0 Å². The van der Waals surface area contributed by atoms with Crippen LogP contribution in [0.3, 0.4) is 0 Å². The van der Waals surface area contributed by atoms with Crippen molar-refractivity contribution >= 4 is 5.91 Å². The molecule has 7 nitrogen and oxygen atoms in total. The Morgan fingerprint density at radius 3 is 2.87 bits per heavy atom. The van der Waals surface area contributed by atoms with Gasteiger partial charge < -0.3 is 9.88 Å². The third-order valence-corrected chi connectivity index (χ3v) is 4.32. The minimum absolute atomic E-state index is 0.191. The highest BCUT2D eigenvalue weighted by molar-refractivity contribution is 5.90. The number of aryl methyl sites for hydroxylation is 2. The number of hydrogen-bond donors (Lipinski definition) is 1. The van der Waals surface area contributed by atoms with Gasteiger partial charge in [0, 0.05) is 37.7 Å². The van der Waals surface area contributed by atoms with Crippen molar-refractivity contribution < 1.29 is 4.79 Å². The van der Waals surface area contributed by atoms with Crippen molar-refractivity contribution in [2.75, 3.05) is 13.6 Å². The van der Waals surface area contributed by atoms with E-state index in [0.29, 0.717) is 18.4 Å². The third-order valence-electron chi connectivity index (χ3n) is 4.32. The minimum Gasteiger partial charge on any atom is -0.345 e. The van der Waals surface area contributed by atoms with Crippen LogP contribution in [-0.2, 0) is 13.6 Å². The zero-order chi connectivity index (χ0) is 16.4. The van der Waals surface area contributed by atoms with Crippen LogP contribution >= 0.6 is 0 Å². The van der Waals surface area contributed by atoms with Gasteiger partial charge in [-0.15, -0.1) is 0 Å². The maximum atomic E-state index is 12.2. The molecular weight excluding hydrogens is 292 g/mol. The SMILES string of the molecule is Cc1ncc(CNC(=O)c2nccn2C)c([C@H]2CCCN2C)n1. The van der Waals surface area contributed by atoms with Crippen LogP contribution in [0.25, 0.3) is 0 Å². The highest BCUT2D eigenvalue weighted by atomic mass is 16.2. The highest BCUT2D eigenvalue weighted by Crippen LogP contribution is 2.30. The van der Waals surface area contributed by atoms with Crippen molar-refractivity contribution in [2.24, 2.45) is 7.05 Å². The summed E-state index contributed by atoms with van der Waals surface area (Å²) in [7, 11) is 3.92. The van der Waals surface area contributed by atoms with Crippen molar-refractivity contribution in [1.29, 1.82) is 0 Å². The molecular formula is C16H22N6O. The number of carbonyl (C=O) groups excluding carboxylic acids is 1. The Balaban J connectivity index is 1.77. The number of imidazole rings is 1. The Morgan fingerprint density at radius 1 is 1.39 bits per heavy atom. The van der Waals surface area contributed by atoms with E-state index in [4.69, 9.17) is 0 Å². The van der Waals surface area contributed by atoms with Gasteiger partial charge in [-0.25, -0.2) is 15.0 Å². The van der Waals surface area contributed by atoms with Crippen LogP contribution in [0.5, 0.6) is 0 Å². The van der Waals surface area contributed by atoms with Gasteiger partial charge in [-0.1, -0.05) is 0 Å². The summed E-state index contributed by atoms with van der Waals surface area (Å²) in [5.74, 6) is 0.973. The number of rotatable bonds is 4. The summed E-state index contributed by atoms with van der Waals surface area (Å²) in [6, 6.07) is 0.303. The Morgan fingerprint density at radius 2 is 2.22 bits per heavy atom. The quantitative estimate of drug-likeness (QED) is 0.918. The molecule has 23 heavy (non-hydrogen) atoms. The molecule has 2 aromatic heterocycles. The first-order chi connectivity index (χ1) is 11.1. The van der Waals surface area contributed by atoms with Crippen molar-refractivity contribution in [3.8, 4) is 0 Å². The molecule has 1 N–H and O–H groups in total. The fourth-order valence-electron chi connectivity index (χ4n) is 3.03. The van der Waals surface area contributed by atoms with Crippen LogP contribution in [0.1, 0.15) is 46.6 Å². The lowest BCUT2D eigenvalue weighted by atomic mass is 10.1. The first kappa shape index (κ1) is 15.6. The average molecular weight is 314 g/mol. The van der Waals surface area contributed by atoms with Gasteiger partial charge in [0.25, 0.3) is 5.91 Å². The number of hydrogen-bond acceptors (Lipinski definition) is 5. The molecule has 0 saturated carbocycles. The van der Waals surface area contributed by atoms with E-state index in [-0.39, 0.29) is 5.91 Å². The smallest absolute Gasteiger partial charge is 0.287 e. The molecule has 1 atom stereocenters. The van der Waals surface area contributed by atoms with E-state index >= 15 is 0 Å². The number of carbonyl (C=O) groups is 1. The topological polar surface area (TPSA) is 75.9 Å². The second-order valence-electron chi connectivity index (χ2n) is 6.01. The molecule has 122 valence electrons. The summed E-state index contributed by atoms with van der Waals surface area (Å²) in [6.45, 7) is 3.38. The van der Waals surface area contributed by atoms with E-state index in [0.717, 1.165) is 30.0 Å². The molecule has 0 spiro atoms. The monoisotopic (exact) mass is 314 g/mol. The van der Waals surface area contributed by atoms with E-state index in [9.17, 15) is 4.79 Å². The van der Waals surface area contributed by atoms with Crippen molar-refractivity contribution in [1.82, 2.24) is 29.7 Å². The van der Waals surface area contributed by atoms with E-state index in [2.05, 4.69) is 32.2 Å². The lowest BCUT2D eigenvalue weighted by Gasteiger charge is -2.21. The van der Waals surface area contributed by atoms with E-state index in [1.165, 1.54) is 6.42 Å². The number of nitrogens with one attached hydrogen (secondary N) is 1. The molecule has 3 heterocycles. The van der Waals surface area contributed by atoms with Crippen molar-refractivity contribution in [3.63, 3.8) is 0 Å². The van der Waals surface area contributed by atoms with Crippen LogP contribution in [-0.4, -0.2) is 43.9 Å². The van der Waals surface area contributed by atoms with Gasteiger partial charge >= 0.3 is 0 Å². The van der Waals surface area contributed by atoms with Crippen LogP contribution in [0.15, 0.2) is 18.6 Å². The first-order valence-corrected chi connectivity index (χ1v) is 7.84. The summed E-state index contributed by atoms with van der Waals surface area (Å²) in [5, 5.41) is 2.92. The number of amides is 1.